The lowest BCUT2D eigenvalue weighted by molar-refractivity contribution is -0.0258. The van der Waals surface area contributed by atoms with Crippen molar-refractivity contribution >= 4 is 27.5 Å². The lowest BCUT2D eigenvalue weighted by Crippen LogP contribution is -2.37. The highest BCUT2D eigenvalue weighted by Gasteiger charge is 2.26. The molecule has 0 saturated carbocycles. The summed E-state index contributed by atoms with van der Waals surface area (Å²) in [6.45, 7) is 2.34. The first-order valence-electron chi connectivity index (χ1n) is 9.74. The van der Waals surface area contributed by atoms with E-state index in [1.807, 2.05) is 24.3 Å². The van der Waals surface area contributed by atoms with Crippen molar-refractivity contribution in [1.82, 2.24) is 14.7 Å². The van der Waals surface area contributed by atoms with Gasteiger partial charge >= 0.3 is 0 Å². The third kappa shape index (κ3) is 5.01. The molecule has 30 heavy (non-hydrogen) atoms. The van der Waals surface area contributed by atoms with Gasteiger partial charge in [0, 0.05) is 24.2 Å². The molecule has 1 aliphatic rings. The molecule has 0 aromatic heterocycles. The zero-order valence-electron chi connectivity index (χ0n) is 17.0. The number of benzene rings is 2. The summed E-state index contributed by atoms with van der Waals surface area (Å²) in [5, 5.41) is 3.65. The van der Waals surface area contributed by atoms with E-state index < -0.39 is 10.0 Å². The fourth-order valence-corrected chi connectivity index (χ4v) is 4.79. The third-order valence-corrected chi connectivity index (χ3v) is 7.35. The van der Waals surface area contributed by atoms with Crippen LogP contribution >= 0.6 is 11.6 Å². The second kappa shape index (κ2) is 9.89. The number of hydroxylamine groups is 1. The summed E-state index contributed by atoms with van der Waals surface area (Å²) in [6, 6.07) is 13.4. The Morgan fingerprint density at radius 2 is 1.80 bits per heavy atom. The number of likely N-dealkylation sites (tertiary alicyclic amines) is 1. The lowest BCUT2D eigenvalue weighted by atomic mass is 10.0. The quantitative estimate of drug-likeness (QED) is 0.624. The number of halogens is 1. The molecule has 0 bridgehead atoms. The number of sulfonamides is 1. The van der Waals surface area contributed by atoms with E-state index in [9.17, 15) is 13.2 Å². The molecule has 0 aliphatic carbocycles. The van der Waals surface area contributed by atoms with Gasteiger partial charge in [-0.1, -0.05) is 34.3 Å². The smallest absolute Gasteiger partial charge is 0.264 e. The maximum atomic E-state index is 12.7. The molecular formula is C21H26ClN3O4S. The van der Waals surface area contributed by atoms with E-state index in [1.165, 1.54) is 38.4 Å². The number of hydrogen-bond acceptors (Lipinski definition) is 5. The van der Waals surface area contributed by atoms with Gasteiger partial charge in [-0.05, 0) is 61.8 Å². The second-order valence-electron chi connectivity index (χ2n) is 7.11. The zero-order chi connectivity index (χ0) is 21.7. The molecule has 1 fully saturated rings. The number of carbonyl (C=O) groups excluding carboxylic acids is 1. The molecule has 1 aliphatic heterocycles. The van der Waals surface area contributed by atoms with Gasteiger partial charge in [0.15, 0.2) is 0 Å². The van der Waals surface area contributed by atoms with Crippen molar-refractivity contribution in [2.75, 3.05) is 33.8 Å². The van der Waals surface area contributed by atoms with Crippen molar-refractivity contribution in [2.45, 2.75) is 23.8 Å². The topological polar surface area (TPSA) is 78.9 Å². The summed E-state index contributed by atoms with van der Waals surface area (Å²) >= 11 is 6.42. The van der Waals surface area contributed by atoms with Gasteiger partial charge in [-0.25, -0.2) is 8.42 Å². The van der Waals surface area contributed by atoms with Crippen LogP contribution in [0.5, 0.6) is 0 Å². The van der Waals surface area contributed by atoms with E-state index in [0.717, 1.165) is 36.0 Å². The highest BCUT2D eigenvalue weighted by molar-refractivity contribution is 7.89. The van der Waals surface area contributed by atoms with Gasteiger partial charge in [-0.15, -0.1) is 0 Å². The number of carbonyl (C=O) groups is 1. The number of nitrogens with zero attached hydrogens (tertiary/aromatic N) is 2. The van der Waals surface area contributed by atoms with E-state index >= 15 is 0 Å². The molecule has 9 heteroatoms. The van der Waals surface area contributed by atoms with Crippen LogP contribution in [-0.2, 0) is 14.9 Å². The fraction of sp³-hybridized carbons (Fsp3) is 0.381. The van der Waals surface area contributed by atoms with Crippen LogP contribution in [0, 0.1) is 0 Å². The van der Waals surface area contributed by atoms with Gasteiger partial charge in [-0.2, -0.15) is 0 Å². The molecule has 3 rings (SSSR count). The van der Waals surface area contributed by atoms with Crippen molar-refractivity contribution in [3.8, 4) is 0 Å². The summed E-state index contributed by atoms with van der Waals surface area (Å²) in [4.78, 5) is 19.8. The third-order valence-electron chi connectivity index (χ3n) is 5.31. The molecule has 1 amide bonds. The molecule has 7 nitrogen and oxygen atoms in total. The Labute approximate surface area is 182 Å². The Kier molecular flexibility index (Phi) is 7.49. The van der Waals surface area contributed by atoms with Crippen molar-refractivity contribution in [1.29, 1.82) is 0 Å². The summed E-state index contributed by atoms with van der Waals surface area (Å²) in [6.07, 6.45) is 2.25. The molecule has 1 unspecified atom stereocenters. The summed E-state index contributed by atoms with van der Waals surface area (Å²) in [7, 11) is -1.17. The van der Waals surface area contributed by atoms with Crippen LogP contribution in [0.25, 0.3) is 0 Å². The minimum absolute atomic E-state index is 0.0137. The molecule has 1 atom stereocenters. The Bertz CT molecular complexity index is 976. The highest BCUT2D eigenvalue weighted by Crippen LogP contribution is 2.29. The molecule has 1 N–H and O–H groups in total. The minimum atomic E-state index is -3.75. The molecule has 1 saturated heterocycles. The van der Waals surface area contributed by atoms with E-state index in [1.54, 1.807) is 0 Å². The maximum absolute atomic E-state index is 12.7. The van der Waals surface area contributed by atoms with Gasteiger partial charge in [0.25, 0.3) is 15.9 Å². The standard InChI is InChI=1S/C21H26ClN3O4S/c1-24(29-2)30(27,28)17-11-9-16(10-12-17)21(26)23-15-20(25-13-5-6-14-25)18-7-3-4-8-19(18)22/h3-4,7-12,20H,5-6,13-15H2,1-2H3,(H,23,26). The first kappa shape index (κ1) is 22.7. The SMILES string of the molecule is CON(C)S(=O)(=O)c1ccc(C(=O)NCC(c2ccccc2Cl)N2CCCC2)cc1. The molecule has 2 aromatic carbocycles. The van der Waals surface area contributed by atoms with Crippen molar-refractivity contribution < 1.29 is 18.0 Å². The van der Waals surface area contributed by atoms with Crippen LogP contribution in [0.15, 0.2) is 53.4 Å². The first-order valence-corrected chi connectivity index (χ1v) is 11.6. The van der Waals surface area contributed by atoms with Crippen molar-refractivity contribution in [3.05, 3.63) is 64.7 Å². The maximum Gasteiger partial charge on any atom is 0.264 e. The van der Waals surface area contributed by atoms with Crippen LogP contribution in [-0.4, -0.2) is 57.5 Å². The Balaban J connectivity index is 1.72. The molecule has 2 aromatic rings. The fourth-order valence-electron chi connectivity index (χ4n) is 3.55. The van der Waals surface area contributed by atoms with E-state index in [-0.39, 0.29) is 16.8 Å². The number of nitrogens with one attached hydrogen (secondary N) is 1. The Morgan fingerprint density at radius 1 is 1.17 bits per heavy atom. The average molecular weight is 452 g/mol. The number of hydrogen-bond donors (Lipinski definition) is 1. The van der Waals surface area contributed by atoms with Gasteiger partial charge in [0.2, 0.25) is 0 Å². The van der Waals surface area contributed by atoms with Crippen LogP contribution < -0.4 is 5.32 Å². The van der Waals surface area contributed by atoms with Crippen LogP contribution in [0.1, 0.15) is 34.8 Å². The number of amides is 1. The molecular weight excluding hydrogens is 426 g/mol. The predicted molar refractivity (Wildman–Crippen MR) is 116 cm³/mol. The Morgan fingerprint density at radius 3 is 2.40 bits per heavy atom. The molecule has 162 valence electrons. The van der Waals surface area contributed by atoms with Crippen LogP contribution in [0.2, 0.25) is 5.02 Å². The summed E-state index contributed by atoms with van der Waals surface area (Å²) in [5.41, 5.74) is 1.37. The Hall–Kier alpha value is -1.97. The van der Waals surface area contributed by atoms with E-state index in [2.05, 4.69) is 10.2 Å². The van der Waals surface area contributed by atoms with Gasteiger partial charge in [0.1, 0.15) is 0 Å². The first-order chi connectivity index (χ1) is 14.3. The lowest BCUT2D eigenvalue weighted by Gasteiger charge is -2.29. The van der Waals surface area contributed by atoms with E-state index in [0.29, 0.717) is 17.1 Å². The van der Waals surface area contributed by atoms with Crippen molar-refractivity contribution in [2.24, 2.45) is 0 Å². The summed E-state index contributed by atoms with van der Waals surface area (Å²) in [5.74, 6) is -0.268. The average Bonchev–Trinajstić information content (AvgIpc) is 3.29. The molecule has 1 heterocycles. The zero-order valence-corrected chi connectivity index (χ0v) is 18.6. The second-order valence-corrected chi connectivity index (χ2v) is 9.46. The largest absolute Gasteiger partial charge is 0.350 e. The molecule has 0 spiro atoms. The minimum Gasteiger partial charge on any atom is -0.350 e. The number of rotatable bonds is 8. The van der Waals surface area contributed by atoms with E-state index in [4.69, 9.17) is 16.4 Å². The van der Waals surface area contributed by atoms with Crippen molar-refractivity contribution in [3.63, 3.8) is 0 Å². The molecule has 0 radical (unpaired) electrons. The predicted octanol–water partition coefficient (Wildman–Crippen LogP) is 3.09. The monoisotopic (exact) mass is 451 g/mol. The van der Waals surface area contributed by atoms with Crippen LogP contribution in [0.4, 0.5) is 0 Å². The highest BCUT2D eigenvalue weighted by atomic mass is 35.5. The van der Waals surface area contributed by atoms with Gasteiger partial charge in [0.05, 0.1) is 18.0 Å². The van der Waals surface area contributed by atoms with Crippen LogP contribution in [0.3, 0.4) is 0 Å². The van der Waals surface area contributed by atoms with Gasteiger partial charge < -0.3 is 5.32 Å². The summed E-state index contributed by atoms with van der Waals surface area (Å²) < 4.78 is 25.3. The van der Waals surface area contributed by atoms with Gasteiger partial charge in [-0.3, -0.25) is 14.5 Å². The normalized spacial score (nSPS) is 16.0.